The molecule has 9 nitrogen and oxygen atoms in total. The number of nitrogens with one attached hydrogen (secondary N) is 2. The van der Waals surface area contributed by atoms with Crippen molar-refractivity contribution in [1.82, 2.24) is 25.2 Å². The molecule has 10 heteroatoms. The SMILES string of the molecule is Cc1[nH]c(-c2cc(-c3cc4c(c(S(C)(=O)=O)c3)C(=O)N(C(C)C3CC3)C4)ccn2)nc1C(=O)NC(C)C. The smallest absolute Gasteiger partial charge is 0.271 e. The minimum Gasteiger partial charge on any atom is -0.348 e. The number of aromatic amines is 1. The molecule has 3 aromatic rings. The quantitative estimate of drug-likeness (QED) is 0.488. The monoisotopic (exact) mass is 521 g/mol. The molecule has 2 N–H and O–H groups in total. The van der Waals surface area contributed by atoms with Gasteiger partial charge in [0.2, 0.25) is 0 Å². The van der Waals surface area contributed by atoms with Gasteiger partial charge in [-0.3, -0.25) is 14.6 Å². The standard InChI is InChI=1S/C27H31N5O4S/c1-14(2)29-26(33)24-15(3)30-25(31-24)21-11-18(8-9-28-21)19-10-20-13-32(16(4)17-6-7-17)27(34)23(20)22(12-19)37(5,35)36/h8-12,14,16-17H,6-7,13H2,1-5H3,(H,29,33)(H,30,31). The third-order valence-electron chi connectivity index (χ3n) is 7.05. The lowest BCUT2D eigenvalue weighted by atomic mass is 10.0. The first-order chi connectivity index (χ1) is 17.4. The zero-order valence-electron chi connectivity index (χ0n) is 21.6. The van der Waals surface area contributed by atoms with Crippen LogP contribution in [0.4, 0.5) is 0 Å². The maximum absolute atomic E-state index is 13.3. The molecule has 1 aromatic carbocycles. The highest BCUT2D eigenvalue weighted by Gasteiger charge is 2.40. The van der Waals surface area contributed by atoms with E-state index in [0.29, 0.717) is 40.9 Å². The van der Waals surface area contributed by atoms with Gasteiger partial charge in [-0.2, -0.15) is 0 Å². The Balaban J connectivity index is 1.54. The van der Waals surface area contributed by atoms with E-state index in [1.807, 2.05) is 26.8 Å². The molecule has 5 rings (SSSR count). The zero-order chi connectivity index (χ0) is 26.6. The van der Waals surface area contributed by atoms with Gasteiger partial charge in [-0.25, -0.2) is 13.4 Å². The van der Waals surface area contributed by atoms with Crippen molar-refractivity contribution in [3.63, 3.8) is 0 Å². The number of hydrogen-bond donors (Lipinski definition) is 2. The average molecular weight is 522 g/mol. The zero-order valence-corrected chi connectivity index (χ0v) is 22.4. The molecule has 1 saturated carbocycles. The molecule has 1 unspecified atom stereocenters. The van der Waals surface area contributed by atoms with Crippen molar-refractivity contribution in [2.24, 2.45) is 5.92 Å². The third kappa shape index (κ3) is 4.77. The van der Waals surface area contributed by atoms with Gasteiger partial charge in [0, 0.05) is 36.8 Å². The molecule has 0 spiro atoms. The summed E-state index contributed by atoms with van der Waals surface area (Å²) in [6, 6.07) is 7.12. The predicted molar refractivity (Wildman–Crippen MR) is 140 cm³/mol. The van der Waals surface area contributed by atoms with Crippen LogP contribution < -0.4 is 5.32 Å². The summed E-state index contributed by atoms with van der Waals surface area (Å²) in [5.74, 6) is 0.441. The first kappa shape index (κ1) is 25.1. The number of imidazole rings is 1. The third-order valence-corrected chi connectivity index (χ3v) is 8.17. The van der Waals surface area contributed by atoms with E-state index in [4.69, 9.17) is 0 Å². The van der Waals surface area contributed by atoms with Crippen LogP contribution in [0.1, 0.15) is 65.7 Å². The van der Waals surface area contributed by atoms with E-state index in [9.17, 15) is 18.0 Å². The Kier molecular flexibility index (Phi) is 6.18. The number of H-pyrrole nitrogens is 1. The number of nitrogens with zero attached hydrogens (tertiary/aromatic N) is 3. The van der Waals surface area contributed by atoms with Gasteiger partial charge in [0.25, 0.3) is 11.8 Å². The molecule has 194 valence electrons. The Hall–Kier alpha value is -3.53. The van der Waals surface area contributed by atoms with Crippen molar-refractivity contribution in [3.8, 4) is 22.6 Å². The molecule has 3 heterocycles. The number of rotatable bonds is 7. The molecule has 0 radical (unpaired) electrons. The predicted octanol–water partition coefficient (Wildman–Crippen LogP) is 3.74. The fourth-order valence-electron chi connectivity index (χ4n) is 4.93. The number of amides is 2. The lowest BCUT2D eigenvalue weighted by Gasteiger charge is -2.24. The number of benzene rings is 1. The fraction of sp³-hybridized carbons (Fsp3) is 0.407. The van der Waals surface area contributed by atoms with Crippen molar-refractivity contribution >= 4 is 21.7 Å². The molecular weight excluding hydrogens is 490 g/mol. The summed E-state index contributed by atoms with van der Waals surface area (Å²) in [6.45, 7) is 7.98. The minimum atomic E-state index is -3.66. The Morgan fingerprint density at radius 2 is 1.89 bits per heavy atom. The molecule has 0 saturated heterocycles. The molecular formula is C27H31N5O4S. The number of aromatic nitrogens is 3. The van der Waals surface area contributed by atoms with Gasteiger partial charge in [-0.15, -0.1) is 0 Å². The van der Waals surface area contributed by atoms with E-state index in [2.05, 4.69) is 20.3 Å². The van der Waals surface area contributed by atoms with E-state index < -0.39 is 9.84 Å². The number of pyridine rings is 1. The molecule has 1 aliphatic carbocycles. The highest BCUT2D eigenvalue weighted by atomic mass is 32.2. The maximum Gasteiger partial charge on any atom is 0.271 e. The molecule has 1 aliphatic heterocycles. The maximum atomic E-state index is 13.3. The summed E-state index contributed by atoms with van der Waals surface area (Å²) in [4.78, 5) is 39.6. The number of carbonyl (C=O) groups is 2. The van der Waals surface area contributed by atoms with Gasteiger partial charge in [0.05, 0.1) is 10.5 Å². The molecule has 37 heavy (non-hydrogen) atoms. The van der Waals surface area contributed by atoms with E-state index in [1.54, 1.807) is 36.2 Å². The van der Waals surface area contributed by atoms with Gasteiger partial charge in [0.1, 0.15) is 11.4 Å². The first-order valence-electron chi connectivity index (χ1n) is 12.5. The van der Waals surface area contributed by atoms with Crippen LogP contribution in [0.2, 0.25) is 0 Å². The molecule has 1 fully saturated rings. The number of aryl methyl sites for hydroxylation is 1. The van der Waals surface area contributed by atoms with Crippen LogP contribution in [0.15, 0.2) is 35.4 Å². The topological polar surface area (TPSA) is 125 Å². The van der Waals surface area contributed by atoms with E-state index in [1.165, 1.54) is 0 Å². The molecule has 2 aromatic heterocycles. The van der Waals surface area contributed by atoms with Crippen LogP contribution in [0.3, 0.4) is 0 Å². The van der Waals surface area contributed by atoms with Crippen LogP contribution in [0, 0.1) is 12.8 Å². The molecule has 2 aliphatic rings. The van der Waals surface area contributed by atoms with Crippen molar-refractivity contribution in [2.75, 3.05) is 6.26 Å². The second kappa shape index (κ2) is 9.09. The van der Waals surface area contributed by atoms with Crippen molar-refractivity contribution in [1.29, 1.82) is 0 Å². The molecule has 1 atom stereocenters. The lowest BCUT2D eigenvalue weighted by Crippen LogP contribution is -2.35. The lowest BCUT2D eigenvalue weighted by molar-refractivity contribution is 0.0694. The second-order valence-corrected chi connectivity index (χ2v) is 12.4. The summed E-state index contributed by atoms with van der Waals surface area (Å²) in [5, 5.41) is 2.84. The summed E-state index contributed by atoms with van der Waals surface area (Å²) in [7, 11) is -3.66. The summed E-state index contributed by atoms with van der Waals surface area (Å²) in [6.07, 6.45) is 4.95. The van der Waals surface area contributed by atoms with E-state index in [-0.39, 0.29) is 34.4 Å². The summed E-state index contributed by atoms with van der Waals surface area (Å²) in [5.41, 5.74) is 3.87. The highest BCUT2D eigenvalue weighted by molar-refractivity contribution is 7.90. The minimum absolute atomic E-state index is 0.0209. The van der Waals surface area contributed by atoms with Crippen LogP contribution >= 0.6 is 0 Å². The summed E-state index contributed by atoms with van der Waals surface area (Å²) >= 11 is 0. The second-order valence-electron chi connectivity index (χ2n) is 10.4. The first-order valence-corrected chi connectivity index (χ1v) is 14.4. The van der Waals surface area contributed by atoms with Crippen molar-refractivity contribution in [2.45, 2.75) is 64.1 Å². The normalized spacial score (nSPS) is 16.3. The summed E-state index contributed by atoms with van der Waals surface area (Å²) < 4.78 is 25.6. The number of carbonyl (C=O) groups excluding carboxylic acids is 2. The molecule has 2 amide bonds. The largest absolute Gasteiger partial charge is 0.348 e. The van der Waals surface area contributed by atoms with Crippen LogP contribution in [-0.2, 0) is 16.4 Å². The van der Waals surface area contributed by atoms with Gasteiger partial charge in [0.15, 0.2) is 15.7 Å². The Bertz CT molecular complexity index is 1520. The Morgan fingerprint density at radius 1 is 1.16 bits per heavy atom. The van der Waals surface area contributed by atoms with Gasteiger partial charge in [-0.1, -0.05) is 0 Å². The number of hydrogen-bond acceptors (Lipinski definition) is 6. The highest BCUT2D eigenvalue weighted by Crippen LogP contribution is 2.41. The van der Waals surface area contributed by atoms with Crippen LogP contribution in [0.5, 0.6) is 0 Å². The van der Waals surface area contributed by atoms with Crippen LogP contribution in [0.25, 0.3) is 22.6 Å². The Morgan fingerprint density at radius 3 is 2.54 bits per heavy atom. The van der Waals surface area contributed by atoms with E-state index >= 15 is 0 Å². The molecule has 0 bridgehead atoms. The van der Waals surface area contributed by atoms with Gasteiger partial charge >= 0.3 is 0 Å². The number of sulfone groups is 1. The van der Waals surface area contributed by atoms with Crippen molar-refractivity contribution < 1.29 is 18.0 Å². The average Bonchev–Trinajstić information content (AvgIpc) is 3.53. The van der Waals surface area contributed by atoms with Crippen LogP contribution in [-0.4, -0.2) is 58.4 Å². The van der Waals surface area contributed by atoms with Crippen molar-refractivity contribution in [3.05, 3.63) is 53.0 Å². The van der Waals surface area contributed by atoms with Gasteiger partial charge < -0.3 is 15.2 Å². The fourth-order valence-corrected chi connectivity index (χ4v) is 5.86. The van der Waals surface area contributed by atoms with E-state index in [0.717, 1.165) is 30.2 Å². The van der Waals surface area contributed by atoms with Gasteiger partial charge in [-0.05, 0) is 87.4 Å². The Labute approximate surface area is 216 Å². The number of fused-ring (bicyclic) bond motifs is 1.